The van der Waals surface area contributed by atoms with E-state index in [4.69, 9.17) is 4.74 Å². The standard InChI is InChI=1S/C14H30N2O/c1-3-15-9-5-4-6-10-16-11-7-8-14(12-16)13-17-2/h14-15H,3-13H2,1-2H3. The van der Waals surface area contributed by atoms with Crippen molar-refractivity contribution in [3.05, 3.63) is 0 Å². The first kappa shape index (κ1) is 14.9. The summed E-state index contributed by atoms with van der Waals surface area (Å²) in [5.74, 6) is 0.774. The zero-order chi connectivity index (χ0) is 12.3. The van der Waals surface area contributed by atoms with Gasteiger partial charge in [-0.3, -0.25) is 0 Å². The molecule has 1 aliphatic heterocycles. The lowest BCUT2D eigenvalue weighted by Crippen LogP contribution is -2.37. The lowest BCUT2D eigenvalue weighted by atomic mass is 9.99. The van der Waals surface area contributed by atoms with Crippen LogP contribution < -0.4 is 5.32 Å². The molecule has 1 fully saturated rings. The summed E-state index contributed by atoms with van der Waals surface area (Å²) in [6, 6.07) is 0. The van der Waals surface area contributed by atoms with Crippen LogP contribution in [0.15, 0.2) is 0 Å². The number of hydrogen-bond acceptors (Lipinski definition) is 3. The van der Waals surface area contributed by atoms with E-state index in [1.807, 2.05) is 7.11 Å². The number of hydrogen-bond donors (Lipinski definition) is 1. The summed E-state index contributed by atoms with van der Waals surface area (Å²) in [4.78, 5) is 2.63. The number of likely N-dealkylation sites (tertiary alicyclic amines) is 1. The van der Waals surface area contributed by atoms with Crippen molar-refractivity contribution in [3.63, 3.8) is 0 Å². The smallest absolute Gasteiger partial charge is 0.0502 e. The molecule has 1 unspecified atom stereocenters. The van der Waals surface area contributed by atoms with E-state index < -0.39 is 0 Å². The SMILES string of the molecule is CCNCCCCCN1CCCC(COC)C1. The van der Waals surface area contributed by atoms with Gasteiger partial charge in [0.2, 0.25) is 0 Å². The quantitative estimate of drug-likeness (QED) is 0.627. The molecule has 1 N–H and O–H groups in total. The first-order chi connectivity index (χ1) is 8.36. The van der Waals surface area contributed by atoms with Crippen LogP contribution in [0.3, 0.4) is 0 Å². The predicted octanol–water partition coefficient (Wildman–Crippen LogP) is 2.12. The molecule has 0 aromatic rings. The largest absolute Gasteiger partial charge is 0.384 e. The number of piperidine rings is 1. The van der Waals surface area contributed by atoms with Crippen molar-refractivity contribution in [2.24, 2.45) is 5.92 Å². The van der Waals surface area contributed by atoms with E-state index >= 15 is 0 Å². The molecule has 17 heavy (non-hydrogen) atoms. The summed E-state index contributed by atoms with van der Waals surface area (Å²) in [6.45, 7) is 9.23. The number of methoxy groups -OCH3 is 1. The number of ether oxygens (including phenoxy) is 1. The van der Waals surface area contributed by atoms with E-state index in [0.29, 0.717) is 0 Å². The Bertz CT molecular complexity index is 174. The third-order valence-corrected chi connectivity index (χ3v) is 3.58. The Kier molecular flexibility index (Phi) is 8.67. The molecule has 3 nitrogen and oxygen atoms in total. The van der Waals surface area contributed by atoms with Crippen molar-refractivity contribution in [3.8, 4) is 0 Å². The zero-order valence-corrected chi connectivity index (χ0v) is 11.7. The van der Waals surface area contributed by atoms with Gasteiger partial charge in [-0.1, -0.05) is 13.3 Å². The van der Waals surface area contributed by atoms with Crippen molar-refractivity contribution in [2.75, 3.05) is 46.4 Å². The zero-order valence-electron chi connectivity index (χ0n) is 11.7. The fourth-order valence-corrected chi connectivity index (χ4v) is 2.67. The maximum absolute atomic E-state index is 5.26. The molecule has 1 atom stereocenters. The van der Waals surface area contributed by atoms with Crippen LogP contribution in [0.25, 0.3) is 0 Å². The molecule has 0 spiro atoms. The Morgan fingerprint density at radius 2 is 2.18 bits per heavy atom. The van der Waals surface area contributed by atoms with Crippen LogP contribution in [0.4, 0.5) is 0 Å². The number of nitrogens with zero attached hydrogens (tertiary/aromatic N) is 1. The minimum atomic E-state index is 0.774. The van der Waals surface area contributed by atoms with Crippen LogP contribution in [0.5, 0.6) is 0 Å². The van der Waals surface area contributed by atoms with E-state index in [0.717, 1.165) is 19.1 Å². The lowest BCUT2D eigenvalue weighted by Gasteiger charge is -2.32. The van der Waals surface area contributed by atoms with E-state index in [9.17, 15) is 0 Å². The maximum Gasteiger partial charge on any atom is 0.0502 e. The van der Waals surface area contributed by atoms with Gasteiger partial charge in [0, 0.05) is 13.7 Å². The molecule has 0 aliphatic carbocycles. The molecule has 1 aliphatic rings. The number of unbranched alkanes of at least 4 members (excludes halogenated alkanes) is 2. The highest BCUT2D eigenvalue weighted by atomic mass is 16.5. The third kappa shape index (κ3) is 7.02. The topological polar surface area (TPSA) is 24.5 Å². The monoisotopic (exact) mass is 242 g/mol. The average molecular weight is 242 g/mol. The van der Waals surface area contributed by atoms with Gasteiger partial charge in [-0.05, 0) is 57.8 Å². The second-order valence-electron chi connectivity index (χ2n) is 5.18. The molecule has 0 aromatic heterocycles. The second-order valence-corrected chi connectivity index (χ2v) is 5.18. The molecule has 102 valence electrons. The van der Waals surface area contributed by atoms with E-state index in [-0.39, 0.29) is 0 Å². The van der Waals surface area contributed by atoms with Crippen LogP contribution in [0.1, 0.15) is 39.0 Å². The summed E-state index contributed by atoms with van der Waals surface area (Å²) in [6.07, 6.45) is 6.74. The molecule has 0 saturated carbocycles. The van der Waals surface area contributed by atoms with Gasteiger partial charge in [0.15, 0.2) is 0 Å². The Morgan fingerprint density at radius 1 is 1.29 bits per heavy atom. The van der Waals surface area contributed by atoms with Gasteiger partial charge < -0.3 is 15.0 Å². The van der Waals surface area contributed by atoms with Gasteiger partial charge in [-0.25, -0.2) is 0 Å². The Balaban J connectivity index is 1.98. The van der Waals surface area contributed by atoms with Crippen molar-refractivity contribution in [2.45, 2.75) is 39.0 Å². The summed E-state index contributed by atoms with van der Waals surface area (Å²) in [7, 11) is 1.82. The highest BCUT2D eigenvalue weighted by Gasteiger charge is 2.18. The Labute approximate surface area is 107 Å². The molecule has 1 rings (SSSR count). The van der Waals surface area contributed by atoms with Crippen molar-refractivity contribution >= 4 is 0 Å². The third-order valence-electron chi connectivity index (χ3n) is 3.58. The highest BCUT2D eigenvalue weighted by molar-refractivity contribution is 4.72. The highest BCUT2D eigenvalue weighted by Crippen LogP contribution is 2.17. The first-order valence-corrected chi connectivity index (χ1v) is 7.28. The minimum absolute atomic E-state index is 0.774. The molecular formula is C14H30N2O. The summed E-state index contributed by atoms with van der Waals surface area (Å²) < 4.78 is 5.26. The van der Waals surface area contributed by atoms with Crippen LogP contribution >= 0.6 is 0 Å². The van der Waals surface area contributed by atoms with Gasteiger partial charge in [-0.15, -0.1) is 0 Å². The van der Waals surface area contributed by atoms with Crippen molar-refractivity contribution in [1.29, 1.82) is 0 Å². The number of rotatable bonds is 9. The van der Waals surface area contributed by atoms with Crippen molar-refractivity contribution in [1.82, 2.24) is 10.2 Å². The van der Waals surface area contributed by atoms with E-state index in [2.05, 4.69) is 17.1 Å². The molecule has 1 saturated heterocycles. The molecule has 1 heterocycles. The van der Waals surface area contributed by atoms with E-state index in [1.165, 1.54) is 58.3 Å². The molecule has 0 radical (unpaired) electrons. The first-order valence-electron chi connectivity index (χ1n) is 7.28. The van der Waals surface area contributed by atoms with Gasteiger partial charge >= 0.3 is 0 Å². The van der Waals surface area contributed by atoms with Crippen LogP contribution in [0.2, 0.25) is 0 Å². The summed E-state index contributed by atoms with van der Waals surface area (Å²) in [5, 5.41) is 3.38. The van der Waals surface area contributed by atoms with Crippen molar-refractivity contribution < 1.29 is 4.74 Å². The minimum Gasteiger partial charge on any atom is -0.384 e. The summed E-state index contributed by atoms with van der Waals surface area (Å²) in [5.41, 5.74) is 0. The normalized spacial score (nSPS) is 21.9. The lowest BCUT2D eigenvalue weighted by molar-refractivity contribution is 0.0898. The fourth-order valence-electron chi connectivity index (χ4n) is 2.67. The predicted molar refractivity (Wildman–Crippen MR) is 73.4 cm³/mol. The molecule has 0 amide bonds. The molecule has 0 bridgehead atoms. The summed E-state index contributed by atoms with van der Waals surface area (Å²) >= 11 is 0. The van der Waals surface area contributed by atoms with Gasteiger partial charge in [-0.2, -0.15) is 0 Å². The van der Waals surface area contributed by atoms with Gasteiger partial charge in [0.25, 0.3) is 0 Å². The maximum atomic E-state index is 5.26. The molecular weight excluding hydrogens is 212 g/mol. The second kappa shape index (κ2) is 9.86. The van der Waals surface area contributed by atoms with E-state index in [1.54, 1.807) is 0 Å². The van der Waals surface area contributed by atoms with Crippen LogP contribution in [0, 0.1) is 5.92 Å². The molecule has 3 heteroatoms. The average Bonchev–Trinajstić information content (AvgIpc) is 2.35. The number of nitrogens with one attached hydrogen (secondary N) is 1. The Morgan fingerprint density at radius 3 is 2.94 bits per heavy atom. The van der Waals surface area contributed by atoms with Gasteiger partial charge in [0.1, 0.15) is 0 Å². The fraction of sp³-hybridized carbons (Fsp3) is 1.00. The van der Waals surface area contributed by atoms with Crippen LogP contribution in [-0.4, -0.2) is 51.3 Å². The Hall–Kier alpha value is -0.120. The molecule has 0 aromatic carbocycles. The van der Waals surface area contributed by atoms with Gasteiger partial charge in [0.05, 0.1) is 6.61 Å². The van der Waals surface area contributed by atoms with Crippen LogP contribution in [-0.2, 0) is 4.74 Å².